The minimum Gasteiger partial charge on any atom is -0.377 e. The predicted octanol–water partition coefficient (Wildman–Crippen LogP) is 2.43. The first-order chi connectivity index (χ1) is 7.31. The highest BCUT2D eigenvalue weighted by atomic mass is 32.1. The van der Waals surface area contributed by atoms with Crippen LogP contribution in [-0.2, 0) is 11.2 Å². The fourth-order valence-corrected chi connectivity index (χ4v) is 2.71. The highest BCUT2D eigenvalue weighted by molar-refractivity contribution is 7.07. The second-order valence-corrected chi connectivity index (χ2v) is 5.04. The lowest BCUT2D eigenvalue weighted by Gasteiger charge is -2.23. The molecule has 2 N–H and O–H groups in total. The molecular weight excluding hydrogens is 206 g/mol. The largest absolute Gasteiger partial charge is 0.377 e. The van der Waals surface area contributed by atoms with Crippen LogP contribution in [0.4, 0.5) is 0 Å². The van der Waals surface area contributed by atoms with E-state index in [1.54, 1.807) is 11.3 Å². The van der Waals surface area contributed by atoms with Crippen molar-refractivity contribution in [1.29, 1.82) is 0 Å². The van der Waals surface area contributed by atoms with Gasteiger partial charge < -0.3 is 10.5 Å². The Morgan fingerprint density at radius 3 is 2.93 bits per heavy atom. The molecule has 3 heteroatoms. The number of hydrogen-bond donors (Lipinski definition) is 1. The van der Waals surface area contributed by atoms with Crippen molar-refractivity contribution in [2.45, 2.75) is 38.3 Å². The van der Waals surface area contributed by atoms with Crippen LogP contribution in [-0.4, -0.2) is 18.8 Å². The first kappa shape index (κ1) is 11.1. The Balaban J connectivity index is 1.89. The molecule has 84 valence electrons. The zero-order chi connectivity index (χ0) is 10.7. The molecule has 15 heavy (non-hydrogen) atoms. The van der Waals surface area contributed by atoms with E-state index in [0.717, 1.165) is 18.9 Å². The van der Waals surface area contributed by atoms with E-state index in [1.807, 2.05) is 6.92 Å². The Labute approximate surface area is 95.4 Å². The van der Waals surface area contributed by atoms with Gasteiger partial charge in [0, 0.05) is 12.6 Å². The summed E-state index contributed by atoms with van der Waals surface area (Å²) in [4.78, 5) is 0. The van der Waals surface area contributed by atoms with E-state index in [-0.39, 0.29) is 12.1 Å². The molecule has 1 saturated carbocycles. The van der Waals surface area contributed by atoms with Gasteiger partial charge in [-0.2, -0.15) is 11.3 Å². The summed E-state index contributed by atoms with van der Waals surface area (Å²) in [5, 5.41) is 4.28. The molecule has 2 nitrogen and oxygen atoms in total. The quantitative estimate of drug-likeness (QED) is 0.807. The summed E-state index contributed by atoms with van der Waals surface area (Å²) in [6.45, 7) is 2.82. The van der Waals surface area contributed by atoms with Gasteiger partial charge in [-0.1, -0.05) is 0 Å². The number of hydrogen-bond acceptors (Lipinski definition) is 3. The van der Waals surface area contributed by atoms with Gasteiger partial charge in [-0.15, -0.1) is 0 Å². The number of thiophene rings is 1. The molecule has 0 aliphatic heterocycles. The normalized spacial score (nSPS) is 20.1. The molecule has 1 aromatic rings. The molecule has 1 aromatic heterocycles. The van der Waals surface area contributed by atoms with Crippen molar-refractivity contribution < 1.29 is 4.74 Å². The highest BCUT2D eigenvalue weighted by Gasteiger charge is 2.35. The summed E-state index contributed by atoms with van der Waals surface area (Å²) in [5.41, 5.74) is 7.56. The summed E-state index contributed by atoms with van der Waals surface area (Å²) < 4.78 is 5.75. The first-order valence-electron chi connectivity index (χ1n) is 5.69. The van der Waals surface area contributed by atoms with Crippen molar-refractivity contribution in [2.24, 2.45) is 11.7 Å². The standard InChI is InChI=1S/C12H19NOS/c1-2-14-12(10-3-4-10)11(13)7-9-5-6-15-8-9/h5-6,8,10-12H,2-4,7,13H2,1H3. The highest BCUT2D eigenvalue weighted by Crippen LogP contribution is 2.36. The average molecular weight is 225 g/mol. The van der Waals surface area contributed by atoms with Gasteiger partial charge in [0.25, 0.3) is 0 Å². The second-order valence-electron chi connectivity index (χ2n) is 4.26. The van der Waals surface area contributed by atoms with Crippen LogP contribution in [0.1, 0.15) is 25.3 Å². The molecule has 1 aliphatic rings. The summed E-state index contributed by atoms with van der Waals surface area (Å²) in [7, 11) is 0. The number of nitrogens with two attached hydrogens (primary N) is 1. The third-order valence-electron chi connectivity index (χ3n) is 2.92. The third kappa shape index (κ3) is 3.03. The molecular formula is C12H19NOS. The van der Waals surface area contributed by atoms with Crippen LogP contribution in [0.5, 0.6) is 0 Å². The Hall–Kier alpha value is -0.380. The molecule has 0 saturated heterocycles. The molecule has 2 atom stereocenters. The fraction of sp³-hybridized carbons (Fsp3) is 0.667. The molecule has 0 amide bonds. The van der Waals surface area contributed by atoms with Crippen molar-refractivity contribution in [3.63, 3.8) is 0 Å². The minimum absolute atomic E-state index is 0.159. The smallest absolute Gasteiger partial charge is 0.0757 e. The van der Waals surface area contributed by atoms with Crippen LogP contribution in [0.25, 0.3) is 0 Å². The van der Waals surface area contributed by atoms with Gasteiger partial charge >= 0.3 is 0 Å². The van der Waals surface area contributed by atoms with Gasteiger partial charge in [0.15, 0.2) is 0 Å². The molecule has 0 aromatic carbocycles. The number of ether oxygens (including phenoxy) is 1. The van der Waals surface area contributed by atoms with Gasteiger partial charge in [-0.3, -0.25) is 0 Å². The third-order valence-corrected chi connectivity index (χ3v) is 3.65. The Morgan fingerprint density at radius 2 is 2.40 bits per heavy atom. The number of rotatable bonds is 6. The van der Waals surface area contributed by atoms with E-state index in [1.165, 1.54) is 18.4 Å². The maximum Gasteiger partial charge on any atom is 0.0757 e. The van der Waals surface area contributed by atoms with Gasteiger partial charge in [0.05, 0.1) is 6.10 Å². The second kappa shape index (κ2) is 5.10. The molecule has 2 unspecified atom stereocenters. The Morgan fingerprint density at radius 1 is 1.60 bits per heavy atom. The maximum atomic E-state index is 6.22. The van der Waals surface area contributed by atoms with Crippen molar-refractivity contribution in [3.05, 3.63) is 22.4 Å². The van der Waals surface area contributed by atoms with Crippen molar-refractivity contribution in [2.75, 3.05) is 6.61 Å². The van der Waals surface area contributed by atoms with E-state index in [0.29, 0.717) is 0 Å². The SMILES string of the molecule is CCOC(C(N)Cc1ccsc1)C1CC1. The summed E-state index contributed by atoms with van der Waals surface area (Å²) in [5.74, 6) is 0.721. The van der Waals surface area contributed by atoms with E-state index in [2.05, 4.69) is 16.8 Å². The fourth-order valence-electron chi connectivity index (χ4n) is 2.02. The Kier molecular flexibility index (Phi) is 3.78. The van der Waals surface area contributed by atoms with Gasteiger partial charge in [0.1, 0.15) is 0 Å². The maximum absolute atomic E-state index is 6.22. The minimum atomic E-state index is 0.159. The molecule has 1 heterocycles. The molecule has 0 spiro atoms. The molecule has 2 rings (SSSR count). The van der Waals surface area contributed by atoms with E-state index in [4.69, 9.17) is 10.5 Å². The van der Waals surface area contributed by atoms with Crippen LogP contribution in [0.15, 0.2) is 16.8 Å². The van der Waals surface area contributed by atoms with Crippen LogP contribution in [0.2, 0.25) is 0 Å². The van der Waals surface area contributed by atoms with E-state index >= 15 is 0 Å². The van der Waals surface area contributed by atoms with Crippen molar-refractivity contribution in [3.8, 4) is 0 Å². The molecule has 0 bridgehead atoms. The zero-order valence-corrected chi connectivity index (χ0v) is 10.0. The molecule has 1 aliphatic carbocycles. The molecule has 1 fully saturated rings. The predicted molar refractivity (Wildman–Crippen MR) is 64.1 cm³/mol. The van der Waals surface area contributed by atoms with Crippen molar-refractivity contribution in [1.82, 2.24) is 0 Å². The van der Waals surface area contributed by atoms with Crippen molar-refractivity contribution >= 4 is 11.3 Å². The average Bonchev–Trinajstić information content (AvgIpc) is 2.93. The van der Waals surface area contributed by atoms with Crippen LogP contribution < -0.4 is 5.73 Å². The molecule has 0 radical (unpaired) electrons. The van der Waals surface area contributed by atoms with E-state index < -0.39 is 0 Å². The van der Waals surface area contributed by atoms with Crippen LogP contribution in [0.3, 0.4) is 0 Å². The zero-order valence-electron chi connectivity index (χ0n) is 9.19. The van der Waals surface area contributed by atoms with Gasteiger partial charge in [-0.05, 0) is 54.5 Å². The monoisotopic (exact) mass is 225 g/mol. The topological polar surface area (TPSA) is 35.2 Å². The van der Waals surface area contributed by atoms with Gasteiger partial charge in [-0.25, -0.2) is 0 Å². The van der Waals surface area contributed by atoms with Gasteiger partial charge in [0.2, 0.25) is 0 Å². The summed E-state index contributed by atoms with van der Waals surface area (Å²) in [6, 6.07) is 2.31. The lowest BCUT2D eigenvalue weighted by Crippen LogP contribution is -2.40. The lowest BCUT2D eigenvalue weighted by atomic mass is 10.0. The van der Waals surface area contributed by atoms with Crippen LogP contribution >= 0.6 is 11.3 Å². The summed E-state index contributed by atoms with van der Waals surface area (Å²) in [6.07, 6.45) is 3.81. The Bertz CT molecular complexity index is 282. The lowest BCUT2D eigenvalue weighted by molar-refractivity contribution is 0.0288. The first-order valence-corrected chi connectivity index (χ1v) is 6.63. The van der Waals surface area contributed by atoms with Crippen LogP contribution in [0, 0.1) is 5.92 Å². The van der Waals surface area contributed by atoms with E-state index in [9.17, 15) is 0 Å². The summed E-state index contributed by atoms with van der Waals surface area (Å²) >= 11 is 1.73.